The molecule has 3 aromatic rings. The van der Waals surface area contributed by atoms with Crippen LogP contribution in [0.2, 0.25) is 0 Å². The van der Waals surface area contributed by atoms with Crippen molar-refractivity contribution in [1.82, 2.24) is 15.3 Å². The fourth-order valence-electron chi connectivity index (χ4n) is 3.69. The fraction of sp³-hybridized carbons (Fsp3) is 0.292. The lowest BCUT2D eigenvalue weighted by atomic mass is 10.0. The highest BCUT2D eigenvalue weighted by Gasteiger charge is 2.16. The number of hydrogen-bond donors (Lipinski definition) is 2. The molecule has 35 heavy (non-hydrogen) atoms. The Morgan fingerprint density at radius 1 is 1.11 bits per heavy atom. The third-order valence-electron chi connectivity index (χ3n) is 5.46. The Bertz CT molecular complexity index is 1170. The maximum absolute atomic E-state index is 13.8. The number of carbonyl (C=O) groups is 1. The van der Waals surface area contributed by atoms with Gasteiger partial charge in [-0.1, -0.05) is 6.07 Å². The monoisotopic (exact) mass is 487 g/mol. The first-order valence-electron chi connectivity index (χ1n) is 10.9. The smallest absolute Gasteiger partial charge is 0.387 e. The summed E-state index contributed by atoms with van der Waals surface area (Å²) in [5.41, 5.74) is 2.39. The van der Waals surface area contributed by atoms with Crippen LogP contribution in [0.3, 0.4) is 0 Å². The summed E-state index contributed by atoms with van der Waals surface area (Å²) in [7, 11) is 1.50. The van der Waals surface area contributed by atoms with Crippen molar-refractivity contribution in [2.24, 2.45) is 0 Å². The van der Waals surface area contributed by atoms with E-state index in [1.807, 2.05) is 4.90 Å². The van der Waals surface area contributed by atoms with Gasteiger partial charge in [-0.2, -0.15) is 8.78 Å². The standard InChI is InChI=1S/C24H24F3N5O3/c1-28-22(33)19-4-2-15(17-13-30-24(31-14-17)32-6-8-34-9-7-32)11-20(19)29-12-16-10-18(25)3-5-21(16)35-23(26)27/h2-5,10-11,13-14,23,29H,6-9,12H2,1H3,(H,28,33). The molecule has 0 atom stereocenters. The van der Waals surface area contributed by atoms with Gasteiger partial charge in [0.15, 0.2) is 0 Å². The minimum absolute atomic E-state index is 0.0558. The van der Waals surface area contributed by atoms with E-state index in [1.54, 1.807) is 30.6 Å². The molecule has 2 aromatic carbocycles. The molecule has 1 saturated heterocycles. The van der Waals surface area contributed by atoms with Gasteiger partial charge in [0.1, 0.15) is 11.6 Å². The molecule has 1 aliphatic rings. The molecule has 0 saturated carbocycles. The molecule has 2 N–H and O–H groups in total. The quantitative estimate of drug-likeness (QED) is 0.501. The van der Waals surface area contributed by atoms with Gasteiger partial charge in [0.05, 0.1) is 18.8 Å². The highest BCUT2D eigenvalue weighted by Crippen LogP contribution is 2.28. The number of amides is 1. The molecule has 0 aliphatic carbocycles. The van der Waals surface area contributed by atoms with Crippen molar-refractivity contribution in [2.75, 3.05) is 43.6 Å². The number of hydrogen-bond acceptors (Lipinski definition) is 7. The van der Waals surface area contributed by atoms with Gasteiger partial charge >= 0.3 is 6.61 Å². The van der Waals surface area contributed by atoms with E-state index in [1.165, 1.54) is 7.05 Å². The molecule has 184 valence electrons. The number of nitrogens with one attached hydrogen (secondary N) is 2. The molecule has 1 fully saturated rings. The Morgan fingerprint density at radius 2 is 1.86 bits per heavy atom. The lowest BCUT2D eigenvalue weighted by Crippen LogP contribution is -2.37. The normalized spacial score (nSPS) is 13.6. The van der Waals surface area contributed by atoms with E-state index in [0.717, 1.165) is 29.3 Å². The van der Waals surface area contributed by atoms with Crippen LogP contribution in [0.25, 0.3) is 11.1 Å². The number of aromatic nitrogens is 2. The van der Waals surface area contributed by atoms with Crippen LogP contribution in [0.4, 0.5) is 24.8 Å². The van der Waals surface area contributed by atoms with Gasteiger partial charge in [0, 0.05) is 55.9 Å². The van der Waals surface area contributed by atoms with E-state index in [9.17, 15) is 18.0 Å². The first kappa shape index (κ1) is 24.3. The summed E-state index contributed by atoms with van der Waals surface area (Å²) in [5, 5.41) is 5.61. The first-order chi connectivity index (χ1) is 16.9. The van der Waals surface area contributed by atoms with Gasteiger partial charge in [-0.3, -0.25) is 4.79 Å². The summed E-state index contributed by atoms with van der Waals surface area (Å²) in [6.07, 6.45) is 3.38. The highest BCUT2D eigenvalue weighted by molar-refractivity contribution is 6.00. The van der Waals surface area contributed by atoms with Crippen LogP contribution in [0.15, 0.2) is 48.8 Å². The average Bonchev–Trinajstić information content (AvgIpc) is 2.88. The van der Waals surface area contributed by atoms with Crippen LogP contribution < -0.4 is 20.3 Å². The van der Waals surface area contributed by atoms with Gasteiger partial charge in [-0.05, 0) is 35.9 Å². The maximum Gasteiger partial charge on any atom is 0.387 e. The molecule has 11 heteroatoms. The first-order valence-corrected chi connectivity index (χ1v) is 10.9. The van der Waals surface area contributed by atoms with Crippen LogP contribution in [-0.2, 0) is 11.3 Å². The Morgan fingerprint density at radius 3 is 2.54 bits per heavy atom. The topological polar surface area (TPSA) is 88.6 Å². The third-order valence-corrected chi connectivity index (χ3v) is 5.46. The molecule has 0 spiro atoms. The van der Waals surface area contributed by atoms with Gasteiger partial charge in [-0.15, -0.1) is 0 Å². The Labute approximate surface area is 200 Å². The number of halogens is 3. The number of nitrogens with zero attached hydrogens (tertiary/aromatic N) is 3. The summed E-state index contributed by atoms with van der Waals surface area (Å²) in [4.78, 5) is 23.3. The third kappa shape index (κ3) is 5.99. The molecule has 0 unspecified atom stereocenters. The zero-order valence-corrected chi connectivity index (χ0v) is 18.9. The molecular weight excluding hydrogens is 463 g/mol. The Hall–Kier alpha value is -3.86. The molecule has 0 bridgehead atoms. The number of alkyl halides is 2. The number of benzene rings is 2. The zero-order chi connectivity index (χ0) is 24.8. The lowest BCUT2D eigenvalue weighted by Gasteiger charge is -2.26. The van der Waals surface area contributed by atoms with Crippen LogP contribution in [0.1, 0.15) is 15.9 Å². The summed E-state index contributed by atoms with van der Waals surface area (Å²) in [6, 6.07) is 8.40. The summed E-state index contributed by atoms with van der Waals surface area (Å²) in [5.74, 6) is -0.490. The summed E-state index contributed by atoms with van der Waals surface area (Å²) < 4.78 is 49.1. The molecule has 8 nitrogen and oxygen atoms in total. The summed E-state index contributed by atoms with van der Waals surface area (Å²) >= 11 is 0. The van der Waals surface area contributed by atoms with E-state index >= 15 is 0 Å². The molecule has 1 aromatic heterocycles. The predicted octanol–water partition coefficient (Wildman–Crippen LogP) is 3.69. The van der Waals surface area contributed by atoms with Crippen molar-refractivity contribution < 1.29 is 27.4 Å². The van der Waals surface area contributed by atoms with Crippen LogP contribution in [0, 0.1) is 5.82 Å². The van der Waals surface area contributed by atoms with Crippen LogP contribution in [-0.4, -0.2) is 55.8 Å². The second-order valence-corrected chi connectivity index (χ2v) is 7.69. The van der Waals surface area contributed by atoms with E-state index < -0.39 is 12.4 Å². The van der Waals surface area contributed by atoms with E-state index in [0.29, 0.717) is 43.5 Å². The van der Waals surface area contributed by atoms with Crippen molar-refractivity contribution in [3.8, 4) is 16.9 Å². The van der Waals surface area contributed by atoms with Crippen molar-refractivity contribution >= 4 is 17.5 Å². The van der Waals surface area contributed by atoms with Crippen molar-refractivity contribution in [3.05, 3.63) is 65.7 Å². The molecule has 4 rings (SSSR count). The highest BCUT2D eigenvalue weighted by atomic mass is 19.3. The summed E-state index contributed by atoms with van der Waals surface area (Å²) in [6.45, 7) is -0.437. The minimum Gasteiger partial charge on any atom is -0.434 e. The predicted molar refractivity (Wildman–Crippen MR) is 124 cm³/mol. The largest absolute Gasteiger partial charge is 0.434 e. The number of carbonyl (C=O) groups excluding carboxylic acids is 1. The van der Waals surface area contributed by atoms with Gasteiger partial charge in [0.2, 0.25) is 5.95 Å². The second-order valence-electron chi connectivity index (χ2n) is 7.69. The van der Waals surface area contributed by atoms with Crippen molar-refractivity contribution in [3.63, 3.8) is 0 Å². The number of rotatable bonds is 8. The van der Waals surface area contributed by atoms with E-state index in [2.05, 4.69) is 25.3 Å². The maximum atomic E-state index is 13.8. The molecule has 2 heterocycles. The average molecular weight is 487 g/mol. The number of anilines is 2. The molecule has 0 radical (unpaired) electrons. The van der Waals surface area contributed by atoms with Gasteiger partial charge in [-0.25, -0.2) is 14.4 Å². The van der Waals surface area contributed by atoms with Gasteiger partial charge < -0.3 is 25.0 Å². The molecular formula is C24H24F3N5O3. The number of ether oxygens (including phenoxy) is 2. The van der Waals surface area contributed by atoms with E-state index in [4.69, 9.17) is 4.74 Å². The van der Waals surface area contributed by atoms with Crippen molar-refractivity contribution in [2.45, 2.75) is 13.2 Å². The fourth-order valence-corrected chi connectivity index (χ4v) is 3.69. The zero-order valence-electron chi connectivity index (χ0n) is 18.9. The van der Waals surface area contributed by atoms with E-state index in [-0.39, 0.29) is 23.8 Å². The SMILES string of the molecule is CNC(=O)c1ccc(-c2cnc(N3CCOCC3)nc2)cc1NCc1cc(F)ccc1OC(F)F. The Kier molecular flexibility index (Phi) is 7.66. The minimum atomic E-state index is -3.05. The number of morpholine rings is 1. The van der Waals surface area contributed by atoms with Crippen LogP contribution in [0.5, 0.6) is 5.75 Å². The molecule has 1 amide bonds. The second kappa shape index (κ2) is 11.0. The van der Waals surface area contributed by atoms with Gasteiger partial charge in [0.25, 0.3) is 5.91 Å². The Balaban J connectivity index is 1.59. The van der Waals surface area contributed by atoms with Crippen LogP contribution >= 0.6 is 0 Å². The molecule has 1 aliphatic heterocycles. The van der Waals surface area contributed by atoms with Crippen molar-refractivity contribution in [1.29, 1.82) is 0 Å². The lowest BCUT2D eigenvalue weighted by molar-refractivity contribution is -0.0504.